The first-order valence-electron chi connectivity index (χ1n) is 5.95. The van der Waals surface area contributed by atoms with Crippen LogP contribution in [0.5, 0.6) is 0 Å². The third-order valence-corrected chi connectivity index (χ3v) is 2.66. The zero-order chi connectivity index (χ0) is 16.0. The summed E-state index contributed by atoms with van der Waals surface area (Å²) in [7, 11) is 0. The maximum atomic E-state index is 12.2. The average molecular weight is 310 g/mol. The molecule has 21 heavy (non-hydrogen) atoms. The molecule has 1 unspecified atom stereocenters. The lowest BCUT2D eigenvalue weighted by Crippen LogP contribution is -2.54. The van der Waals surface area contributed by atoms with Gasteiger partial charge < -0.3 is 14.8 Å². The molecule has 3 atom stereocenters. The van der Waals surface area contributed by atoms with Crippen molar-refractivity contribution in [3.63, 3.8) is 0 Å². The summed E-state index contributed by atoms with van der Waals surface area (Å²) >= 11 is 0. The molecule has 0 aliphatic carbocycles. The van der Waals surface area contributed by atoms with Crippen LogP contribution in [0.3, 0.4) is 0 Å². The minimum Gasteiger partial charge on any atom is -0.434 e. The van der Waals surface area contributed by atoms with Crippen molar-refractivity contribution in [2.75, 3.05) is 6.54 Å². The second-order valence-corrected chi connectivity index (χ2v) is 4.30. The van der Waals surface area contributed by atoms with E-state index in [1.54, 1.807) is 5.32 Å². The molecule has 0 aromatic carbocycles. The van der Waals surface area contributed by atoms with Crippen molar-refractivity contribution >= 4 is 11.9 Å². The number of esters is 1. The lowest BCUT2D eigenvalue weighted by atomic mass is 10.0. The van der Waals surface area contributed by atoms with Crippen molar-refractivity contribution in [2.24, 2.45) is 5.11 Å². The topological polar surface area (TPSA) is 113 Å². The Morgan fingerprint density at radius 1 is 1.48 bits per heavy atom. The number of carbonyl (C=O) groups excluding carboxylic acids is 2. The SMILES string of the molecule is CC(=O)OC1O[C@H](CN=[N+]=[N-])CC[C@H]1NC(=O)C(F)(F)F. The van der Waals surface area contributed by atoms with Crippen molar-refractivity contribution in [1.29, 1.82) is 0 Å². The van der Waals surface area contributed by atoms with Crippen LogP contribution >= 0.6 is 0 Å². The Morgan fingerprint density at radius 3 is 2.67 bits per heavy atom. The summed E-state index contributed by atoms with van der Waals surface area (Å²) in [6.45, 7) is 1.01. The lowest BCUT2D eigenvalue weighted by Gasteiger charge is -2.35. The fourth-order valence-corrected chi connectivity index (χ4v) is 1.78. The molecule has 1 saturated heterocycles. The number of alkyl halides is 3. The molecule has 1 heterocycles. The standard InChI is InChI=1S/C10H13F3N4O4/c1-5(18)20-8-7(16-9(19)10(11,12)13)3-2-6(21-8)4-15-17-14/h6-8H,2-4H2,1H3,(H,16,19)/t6-,7+,8?/m0/s1. The largest absolute Gasteiger partial charge is 0.471 e. The highest BCUT2D eigenvalue weighted by atomic mass is 19.4. The van der Waals surface area contributed by atoms with Gasteiger partial charge in [0.25, 0.3) is 0 Å². The van der Waals surface area contributed by atoms with Crippen molar-refractivity contribution < 1.29 is 32.2 Å². The van der Waals surface area contributed by atoms with Crippen LogP contribution in [0, 0.1) is 0 Å². The van der Waals surface area contributed by atoms with Gasteiger partial charge in [-0.3, -0.25) is 9.59 Å². The molecule has 1 aliphatic rings. The molecule has 8 nitrogen and oxygen atoms in total. The lowest BCUT2D eigenvalue weighted by molar-refractivity contribution is -0.212. The highest BCUT2D eigenvalue weighted by Crippen LogP contribution is 2.23. The first-order valence-corrected chi connectivity index (χ1v) is 5.95. The minimum absolute atomic E-state index is 0.0474. The predicted molar refractivity (Wildman–Crippen MR) is 61.7 cm³/mol. The fourth-order valence-electron chi connectivity index (χ4n) is 1.78. The van der Waals surface area contributed by atoms with Crippen LogP contribution < -0.4 is 5.32 Å². The van der Waals surface area contributed by atoms with Gasteiger partial charge in [0.15, 0.2) is 0 Å². The van der Waals surface area contributed by atoms with Gasteiger partial charge >= 0.3 is 18.1 Å². The summed E-state index contributed by atoms with van der Waals surface area (Å²) in [5.41, 5.74) is 8.20. The van der Waals surface area contributed by atoms with Gasteiger partial charge in [-0.05, 0) is 18.4 Å². The normalized spacial score (nSPS) is 25.6. The molecule has 0 aromatic rings. The molecule has 0 saturated carbocycles. The molecular formula is C10H13F3N4O4. The first-order chi connectivity index (χ1) is 9.74. The number of rotatable bonds is 4. The van der Waals surface area contributed by atoms with Gasteiger partial charge in [0.1, 0.15) is 0 Å². The molecule has 1 amide bonds. The summed E-state index contributed by atoms with van der Waals surface area (Å²) < 4.78 is 46.6. The van der Waals surface area contributed by atoms with Crippen LogP contribution in [-0.2, 0) is 19.1 Å². The molecule has 0 bridgehead atoms. The summed E-state index contributed by atoms with van der Waals surface area (Å²) in [4.78, 5) is 24.4. The van der Waals surface area contributed by atoms with Crippen LogP contribution in [0.1, 0.15) is 19.8 Å². The second kappa shape index (κ2) is 7.14. The highest BCUT2D eigenvalue weighted by Gasteiger charge is 2.43. The summed E-state index contributed by atoms with van der Waals surface area (Å²) in [5.74, 6) is -2.91. The number of hydrogen-bond donors (Lipinski definition) is 1. The number of halogens is 3. The molecule has 118 valence electrons. The Labute approximate surface area is 117 Å². The van der Waals surface area contributed by atoms with Crippen LogP contribution in [-0.4, -0.2) is 43.0 Å². The van der Waals surface area contributed by atoms with Crippen molar-refractivity contribution in [1.82, 2.24) is 5.32 Å². The van der Waals surface area contributed by atoms with Crippen LogP contribution in [0.25, 0.3) is 10.4 Å². The van der Waals surface area contributed by atoms with Crippen molar-refractivity contribution in [3.05, 3.63) is 10.4 Å². The van der Waals surface area contributed by atoms with Gasteiger partial charge in [-0.2, -0.15) is 13.2 Å². The molecule has 1 rings (SSSR count). The van der Waals surface area contributed by atoms with Crippen LogP contribution in [0.15, 0.2) is 5.11 Å². The molecule has 1 fully saturated rings. The number of amides is 1. The van der Waals surface area contributed by atoms with Crippen LogP contribution in [0.2, 0.25) is 0 Å². The van der Waals surface area contributed by atoms with Crippen molar-refractivity contribution in [3.8, 4) is 0 Å². The van der Waals surface area contributed by atoms with E-state index in [1.165, 1.54) is 0 Å². The van der Waals surface area contributed by atoms with Gasteiger partial charge in [0, 0.05) is 11.8 Å². The fraction of sp³-hybridized carbons (Fsp3) is 0.800. The average Bonchev–Trinajstić information content (AvgIpc) is 2.37. The van der Waals surface area contributed by atoms with E-state index >= 15 is 0 Å². The van der Waals surface area contributed by atoms with E-state index in [9.17, 15) is 22.8 Å². The second-order valence-electron chi connectivity index (χ2n) is 4.30. The monoisotopic (exact) mass is 310 g/mol. The molecule has 0 spiro atoms. The Morgan fingerprint density at radius 2 is 2.14 bits per heavy atom. The molecule has 1 aliphatic heterocycles. The molecule has 0 radical (unpaired) electrons. The van der Waals surface area contributed by atoms with E-state index in [0.29, 0.717) is 0 Å². The third-order valence-electron chi connectivity index (χ3n) is 2.66. The Hall–Kier alpha value is -2.00. The van der Waals surface area contributed by atoms with E-state index in [-0.39, 0.29) is 19.4 Å². The Kier molecular flexibility index (Phi) is 5.79. The Bertz CT molecular complexity index is 450. The maximum absolute atomic E-state index is 12.2. The van der Waals surface area contributed by atoms with Crippen LogP contribution in [0.4, 0.5) is 13.2 Å². The molecule has 1 N–H and O–H groups in total. The van der Waals surface area contributed by atoms with Gasteiger partial charge in [0.05, 0.1) is 18.7 Å². The van der Waals surface area contributed by atoms with Crippen molar-refractivity contribution in [2.45, 2.75) is 44.4 Å². The highest BCUT2D eigenvalue weighted by molar-refractivity contribution is 5.82. The zero-order valence-electron chi connectivity index (χ0n) is 11.0. The third kappa shape index (κ3) is 5.48. The number of nitrogens with zero attached hydrogens (tertiary/aromatic N) is 3. The first kappa shape index (κ1) is 17.1. The maximum Gasteiger partial charge on any atom is 0.471 e. The number of ether oxygens (including phenoxy) is 2. The van der Waals surface area contributed by atoms with Gasteiger partial charge in [-0.25, -0.2) is 0 Å². The molecule has 11 heteroatoms. The number of carbonyl (C=O) groups is 2. The predicted octanol–water partition coefficient (Wildman–Crippen LogP) is 1.41. The zero-order valence-corrected chi connectivity index (χ0v) is 11.0. The quantitative estimate of drug-likeness (QED) is 0.366. The minimum atomic E-state index is -5.04. The summed E-state index contributed by atoms with van der Waals surface area (Å²) in [5, 5.41) is 5.00. The number of nitrogens with one attached hydrogen (secondary N) is 1. The van der Waals surface area contributed by atoms with E-state index in [0.717, 1.165) is 6.92 Å². The summed E-state index contributed by atoms with van der Waals surface area (Å²) in [6.07, 6.45) is -6.65. The van der Waals surface area contributed by atoms with Gasteiger partial charge in [0.2, 0.25) is 6.29 Å². The van der Waals surface area contributed by atoms with E-state index < -0.39 is 36.5 Å². The smallest absolute Gasteiger partial charge is 0.434 e. The van der Waals surface area contributed by atoms with Gasteiger partial charge in [-0.1, -0.05) is 5.11 Å². The van der Waals surface area contributed by atoms with E-state index in [4.69, 9.17) is 15.0 Å². The van der Waals surface area contributed by atoms with E-state index in [1.807, 2.05) is 0 Å². The summed E-state index contributed by atoms with van der Waals surface area (Å²) in [6, 6.07) is -1.12. The molecule has 0 aromatic heterocycles. The molecular weight excluding hydrogens is 297 g/mol. The van der Waals surface area contributed by atoms with Gasteiger partial charge in [-0.15, -0.1) is 0 Å². The van der Waals surface area contributed by atoms with E-state index in [2.05, 4.69) is 10.0 Å². The number of hydrogen-bond acceptors (Lipinski definition) is 5. The number of azide groups is 1. The Balaban J connectivity index is 2.71.